The second-order valence-corrected chi connectivity index (χ2v) is 7.32. The van der Waals surface area contributed by atoms with Gasteiger partial charge in [0, 0.05) is 23.3 Å². The van der Waals surface area contributed by atoms with Crippen molar-refractivity contribution >= 4 is 11.8 Å². The van der Waals surface area contributed by atoms with E-state index in [1.165, 1.54) is 0 Å². The van der Waals surface area contributed by atoms with Crippen LogP contribution in [0.15, 0.2) is 5.16 Å². The molecule has 23 heavy (non-hydrogen) atoms. The Bertz CT molecular complexity index is 551. The second kappa shape index (κ2) is 4.52. The summed E-state index contributed by atoms with van der Waals surface area (Å²) >= 11 is 0. The zero-order chi connectivity index (χ0) is 16.5. The predicted octanol–water partition coefficient (Wildman–Crippen LogP) is 2.64. The van der Waals surface area contributed by atoms with Gasteiger partial charge in [0.1, 0.15) is 6.10 Å². The Kier molecular flexibility index (Phi) is 2.96. The highest BCUT2D eigenvalue weighted by atomic mass is 19.4. The van der Waals surface area contributed by atoms with Gasteiger partial charge in [-0.3, -0.25) is 4.74 Å². The molecule has 0 aromatic carbocycles. The first-order valence-corrected chi connectivity index (χ1v) is 7.68. The minimum atomic E-state index is -4.58. The van der Waals surface area contributed by atoms with E-state index >= 15 is 0 Å². The number of rotatable bonds is 4. The molecule has 1 atom stereocenters. The van der Waals surface area contributed by atoms with Crippen molar-refractivity contribution in [3.8, 4) is 0 Å². The van der Waals surface area contributed by atoms with Crippen LogP contribution in [-0.2, 0) is 9.57 Å². The molecular weight excluding hydrogens is 317 g/mol. The molecule has 128 valence electrons. The first-order valence-electron chi connectivity index (χ1n) is 7.68. The minimum Gasteiger partial charge on any atom is -0.465 e. The smallest absolute Gasteiger partial charge is 0.465 e. The number of amides is 1. The van der Waals surface area contributed by atoms with Crippen molar-refractivity contribution in [2.75, 3.05) is 0 Å². The van der Waals surface area contributed by atoms with Crippen LogP contribution in [0, 0.1) is 11.3 Å². The summed E-state index contributed by atoms with van der Waals surface area (Å²) in [5.41, 5.74) is 0.592. The highest BCUT2D eigenvalue weighted by Gasteiger charge is 2.71. The molecule has 2 bridgehead atoms. The number of nitrogens with one attached hydrogen (secondary N) is 1. The van der Waals surface area contributed by atoms with Crippen LogP contribution in [-0.4, -0.2) is 41.0 Å². The Morgan fingerprint density at radius 2 is 2.00 bits per heavy atom. The van der Waals surface area contributed by atoms with Gasteiger partial charge in [-0.25, -0.2) is 4.79 Å². The summed E-state index contributed by atoms with van der Waals surface area (Å²) in [4.78, 5) is 16.1. The van der Waals surface area contributed by atoms with E-state index < -0.39 is 18.6 Å². The first kappa shape index (κ1) is 15.0. The summed E-state index contributed by atoms with van der Waals surface area (Å²) in [6.45, 7) is 0. The summed E-state index contributed by atoms with van der Waals surface area (Å²) in [6, 6.07) is 0. The van der Waals surface area contributed by atoms with Crippen LogP contribution < -0.4 is 5.32 Å². The van der Waals surface area contributed by atoms with E-state index in [1.54, 1.807) is 0 Å². The summed E-state index contributed by atoms with van der Waals surface area (Å²) in [7, 11) is 0. The van der Waals surface area contributed by atoms with Gasteiger partial charge in [0.05, 0.1) is 11.8 Å². The van der Waals surface area contributed by atoms with Crippen LogP contribution in [0.2, 0.25) is 0 Å². The topological polar surface area (TPSA) is 80.2 Å². The lowest BCUT2D eigenvalue weighted by atomic mass is 9.37. The predicted molar refractivity (Wildman–Crippen MR) is 70.8 cm³/mol. The molecule has 1 heterocycles. The number of hydrogen-bond acceptors (Lipinski definition) is 4. The molecule has 0 radical (unpaired) electrons. The molecule has 4 aliphatic carbocycles. The summed E-state index contributed by atoms with van der Waals surface area (Å²) in [5, 5.41) is 15.5. The number of hydrogen-bond donors (Lipinski definition) is 2. The molecular formula is C14H17F3N2O4. The molecule has 0 aromatic rings. The van der Waals surface area contributed by atoms with Gasteiger partial charge in [-0.2, -0.15) is 0 Å². The van der Waals surface area contributed by atoms with Crippen molar-refractivity contribution in [2.45, 2.75) is 62.6 Å². The average molecular weight is 334 g/mol. The van der Waals surface area contributed by atoms with E-state index in [0.717, 1.165) is 25.0 Å². The maximum Gasteiger partial charge on any atom is 0.522 e. The minimum absolute atomic E-state index is 0.0436. The van der Waals surface area contributed by atoms with E-state index in [0.29, 0.717) is 19.3 Å². The summed E-state index contributed by atoms with van der Waals surface area (Å²) < 4.78 is 40.3. The molecule has 2 N–H and O–H groups in total. The fourth-order valence-corrected chi connectivity index (χ4v) is 4.61. The van der Waals surface area contributed by atoms with Gasteiger partial charge in [0.15, 0.2) is 0 Å². The van der Waals surface area contributed by atoms with E-state index in [-0.39, 0.29) is 23.0 Å². The molecule has 0 spiro atoms. The Morgan fingerprint density at radius 1 is 1.35 bits per heavy atom. The molecule has 1 aliphatic heterocycles. The molecule has 5 rings (SSSR count). The normalized spacial score (nSPS) is 44.3. The zero-order valence-electron chi connectivity index (χ0n) is 12.2. The molecule has 4 fully saturated rings. The molecule has 0 saturated heterocycles. The van der Waals surface area contributed by atoms with Gasteiger partial charge in [-0.05, 0) is 32.1 Å². The molecule has 4 saturated carbocycles. The van der Waals surface area contributed by atoms with Crippen molar-refractivity contribution in [3.63, 3.8) is 0 Å². The van der Waals surface area contributed by atoms with Crippen molar-refractivity contribution < 1.29 is 32.6 Å². The zero-order valence-corrected chi connectivity index (χ0v) is 12.2. The fraction of sp³-hybridized carbons (Fsp3) is 0.857. The van der Waals surface area contributed by atoms with Gasteiger partial charge in [-0.1, -0.05) is 5.16 Å². The van der Waals surface area contributed by atoms with Crippen LogP contribution >= 0.6 is 0 Å². The number of halogens is 3. The second-order valence-electron chi connectivity index (χ2n) is 7.32. The summed E-state index contributed by atoms with van der Waals surface area (Å²) in [6.07, 6.45) is -3.00. The Morgan fingerprint density at radius 3 is 2.57 bits per heavy atom. The van der Waals surface area contributed by atoms with Crippen LogP contribution in [0.4, 0.5) is 18.0 Å². The van der Waals surface area contributed by atoms with Gasteiger partial charge < -0.3 is 15.3 Å². The molecule has 6 nitrogen and oxygen atoms in total. The molecule has 9 heteroatoms. The average Bonchev–Trinajstić information content (AvgIpc) is 2.73. The first-order chi connectivity index (χ1) is 10.7. The molecule has 1 unspecified atom stereocenters. The Labute approximate surface area is 130 Å². The van der Waals surface area contributed by atoms with Crippen molar-refractivity contribution in [1.82, 2.24) is 5.32 Å². The summed E-state index contributed by atoms with van der Waals surface area (Å²) in [5.74, 6) is 0.0436. The molecule has 5 aliphatic rings. The van der Waals surface area contributed by atoms with Crippen LogP contribution in [0.1, 0.15) is 38.5 Å². The fourth-order valence-electron chi connectivity index (χ4n) is 4.61. The highest BCUT2D eigenvalue weighted by molar-refractivity contribution is 5.95. The van der Waals surface area contributed by atoms with Crippen molar-refractivity contribution in [1.29, 1.82) is 0 Å². The van der Waals surface area contributed by atoms with Crippen LogP contribution in [0.3, 0.4) is 0 Å². The van der Waals surface area contributed by atoms with Crippen molar-refractivity contribution in [3.05, 3.63) is 0 Å². The number of carbonyl (C=O) groups is 1. The van der Waals surface area contributed by atoms with E-state index in [9.17, 15) is 18.0 Å². The lowest BCUT2D eigenvalue weighted by molar-refractivity contribution is -0.356. The lowest BCUT2D eigenvalue weighted by Gasteiger charge is -2.69. The molecule has 0 aromatic heterocycles. The monoisotopic (exact) mass is 334 g/mol. The maximum atomic E-state index is 12.1. The maximum absolute atomic E-state index is 12.1. The van der Waals surface area contributed by atoms with E-state index in [2.05, 4.69) is 15.2 Å². The quantitative estimate of drug-likeness (QED) is 0.828. The van der Waals surface area contributed by atoms with E-state index in [4.69, 9.17) is 9.94 Å². The molecule has 1 amide bonds. The standard InChI is InChI=1S/C14H17F3N2O4/c15-14(16,17)22-8-1-7(2-8)9-3-10(19-23-9)12-4-13(5-12,6-12)18-11(20)21/h7-9,18H,1-6H2,(H,20,21)/t7-,8+,9?,12?,13?. The number of alkyl halides is 3. The van der Waals surface area contributed by atoms with Gasteiger partial charge in [-0.15, -0.1) is 13.2 Å². The van der Waals surface area contributed by atoms with Gasteiger partial charge >= 0.3 is 12.5 Å². The third kappa shape index (κ3) is 2.45. The van der Waals surface area contributed by atoms with Crippen molar-refractivity contribution in [2.24, 2.45) is 16.5 Å². The van der Waals surface area contributed by atoms with Crippen LogP contribution in [0.5, 0.6) is 0 Å². The van der Waals surface area contributed by atoms with Gasteiger partial charge in [0.2, 0.25) is 0 Å². The third-order valence-corrected chi connectivity index (χ3v) is 5.66. The number of nitrogens with zero attached hydrogens (tertiary/aromatic N) is 1. The number of oxime groups is 1. The van der Waals surface area contributed by atoms with Crippen LogP contribution in [0.25, 0.3) is 0 Å². The lowest BCUT2D eigenvalue weighted by Crippen LogP contribution is -2.76. The Hall–Kier alpha value is -1.51. The SMILES string of the molecule is O=C(O)NC12CC(C3=NOC([C@H]4C[C@@H](OC(F)(F)F)C4)C3)(C1)C2. The highest BCUT2D eigenvalue weighted by Crippen LogP contribution is 2.69. The van der Waals surface area contributed by atoms with E-state index in [1.807, 2.05) is 0 Å². The Balaban J connectivity index is 1.24. The van der Waals surface area contributed by atoms with Gasteiger partial charge in [0.25, 0.3) is 0 Å². The number of carboxylic acid groups (broad SMARTS) is 1. The third-order valence-electron chi connectivity index (χ3n) is 5.66. The number of ether oxygens (including phenoxy) is 1. The largest absolute Gasteiger partial charge is 0.522 e.